The van der Waals surface area contributed by atoms with Gasteiger partial charge in [0.15, 0.2) is 5.13 Å². The quantitative estimate of drug-likeness (QED) is 0.202. The smallest absolute Gasteiger partial charge is 0.269 e. The average molecular weight is 461 g/mol. The zero-order chi connectivity index (χ0) is 23.2. The van der Waals surface area contributed by atoms with E-state index >= 15 is 0 Å². The molecule has 0 fully saturated rings. The Morgan fingerprint density at radius 3 is 2.67 bits per heavy atom. The van der Waals surface area contributed by atoms with Crippen LogP contribution in [0, 0.1) is 10.1 Å². The third-order valence-electron chi connectivity index (χ3n) is 4.74. The Balaban J connectivity index is 1.66. The summed E-state index contributed by atoms with van der Waals surface area (Å²) in [5.74, 6) is 0.389. The number of aromatic nitrogens is 2. The van der Waals surface area contributed by atoms with Gasteiger partial charge in [0.05, 0.1) is 28.5 Å². The van der Waals surface area contributed by atoms with Crippen LogP contribution >= 0.6 is 11.3 Å². The topological polar surface area (TPSA) is 98.5 Å². The number of thiazole rings is 1. The van der Waals surface area contributed by atoms with Gasteiger partial charge in [-0.1, -0.05) is 23.5 Å². The summed E-state index contributed by atoms with van der Waals surface area (Å²) in [6.07, 6.45) is 4.73. The van der Waals surface area contributed by atoms with Crippen molar-refractivity contribution >= 4 is 44.4 Å². The molecule has 0 saturated heterocycles. The van der Waals surface area contributed by atoms with Gasteiger partial charge < -0.3 is 4.74 Å². The number of benzene rings is 2. The van der Waals surface area contributed by atoms with Gasteiger partial charge in [0.1, 0.15) is 11.3 Å². The van der Waals surface area contributed by atoms with Gasteiger partial charge in [-0.3, -0.25) is 24.8 Å². The SMILES string of the molecule is CCOc1cccc2sc(N(Cc3ccccn3)C(=O)/C=C/c3ccc([N+](=O)[O-])cc3)nc12. The van der Waals surface area contributed by atoms with Crippen LogP contribution in [0.2, 0.25) is 0 Å². The molecule has 0 N–H and O–H groups in total. The molecule has 9 heteroatoms. The van der Waals surface area contributed by atoms with Crippen LogP contribution in [0.5, 0.6) is 5.75 Å². The third-order valence-corrected chi connectivity index (χ3v) is 5.78. The highest BCUT2D eigenvalue weighted by atomic mass is 32.1. The molecular formula is C24H20N4O4S. The molecule has 4 rings (SSSR count). The Morgan fingerprint density at radius 1 is 1.15 bits per heavy atom. The van der Waals surface area contributed by atoms with Crippen LogP contribution in [0.1, 0.15) is 18.2 Å². The number of hydrogen-bond acceptors (Lipinski definition) is 7. The van der Waals surface area contributed by atoms with Crippen LogP contribution in [0.15, 0.2) is 72.9 Å². The lowest BCUT2D eigenvalue weighted by Gasteiger charge is -2.17. The van der Waals surface area contributed by atoms with E-state index in [0.29, 0.717) is 28.6 Å². The second kappa shape index (κ2) is 10.0. The molecule has 0 spiro atoms. The van der Waals surface area contributed by atoms with Crippen molar-refractivity contribution in [2.45, 2.75) is 13.5 Å². The van der Waals surface area contributed by atoms with Crippen molar-refractivity contribution in [3.63, 3.8) is 0 Å². The molecule has 0 saturated carbocycles. The first-order valence-electron chi connectivity index (χ1n) is 10.2. The maximum Gasteiger partial charge on any atom is 0.269 e. The van der Waals surface area contributed by atoms with E-state index in [9.17, 15) is 14.9 Å². The number of nitro benzene ring substituents is 1. The van der Waals surface area contributed by atoms with E-state index in [4.69, 9.17) is 9.72 Å². The standard InChI is InChI=1S/C24H20N4O4S/c1-2-32-20-7-5-8-21-23(20)26-24(33-21)27(16-18-6-3-4-15-25-18)22(29)14-11-17-9-12-19(13-10-17)28(30)31/h3-15H,2,16H2,1H3/b14-11+. The number of ether oxygens (including phenoxy) is 1. The summed E-state index contributed by atoms with van der Waals surface area (Å²) < 4.78 is 6.60. The number of nitro groups is 1. The van der Waals surface area contributed by atoms with Gasteiger partial charge in [0.2, 0.25) is 0 Å². The van der Waals surface area contributed by atoms with Crippen molar-refractivity contribution in [2.24, 2.45) is 0 Å². The number of nitrogens with zero attached hydrogens (tertiary/aromatic N) is 4. The second-order valence-electron chi connectivity index (χ2n) is 6.96. The second-order valence-corrected chi connectivity index (χ2v) is 7.97. The van der Waals surface area contributed by atoms with Crippen LogP contribution in [0.25, 0.3) is 16.3 Å². The number of rotatable bonds is 8. The van der Waals surface area contributed by atoms with Crippen LogP contribution < -0.4 is 9.64 Å². The van der Waals surface area contributed by atoms with Crippen molar-refractivity contribution < 1.29 is 14.5 Å². The molecule has 2 aromatic carbocycles. The monoisotopic (exact) mass is 460 g/mol. The molecule has 166 valence electrons. The van der Waals surface area contributed by atoms with Crippen molar-refractivity contribution in [3.8, 4) is 5.75 Å². The van der Waals surface area contributed by atoms with Gasteiger partial charge in [0.25, 0.3) is 11.6 Å². The van der Waals surface area contributed by atoms with E-state index in [1.807, 2.05) is 43.3 Å². The summed E-state index contributed by atoms with van der Waals surface area (Å²) in [4.78, 5) is 34.2. The van der Waals surface area contributed by atoms with Gasteiger partial charge >= 0.3 is 0 Å². The predicted molar refractivity (Wildman–Crippen MR) is 128 cm³/mol. The molecule has 33 heavy (non-hydrogen) atoms. The van der Waals surface area contributed by atoms with Crippen LogP contribution in [-0.2, 0) is 11.3 Å². The molecule has 8 nitrogen and oxygen atoms in total. The lowest BCUT2D eigenvalue weighted by molar-refractivity contribution is -0.384. The van der Waals surface area contributed by atoms with E-state index in [1.54, 1.807) is 29.3 Å². The normalized spacial score (nSPS) is 11.1. The maximum atomic E-state index is 13.2. The highest BCUT2D eigenvalue weighted by Crippen LogP contribution is 2.35. The molecule has 0 aliphatic rings. The van der Waals surface area contributed by atoms with E-state index < -0.39 is 4.92 Å². The summed E-state index contributed by atoms with van der Waals surface area (Å²) in [6, 6.07) is 17.2. The summed E-state index contributed by atoms with van der Waals surface area (Å²) in [5, 5.41) is 11.4. The highest BCUT2D eigenvalue weighted by Gasteiger charge is 2.20. The molecule has 0 bridgehead atoms. The maximum absolute atomic E-state index is 13.2. The van der Waals surface area contributed by atoms with Crippen LogP contribution in [0.3, 0.4) is 0 Å². The van der Waals surface area contributed by atoms with E-state index in [1.165, 1.54) is 29.5 Å². The molecule has 0 aliphatic heterocycles. The molecule has 1 amide bonds. The Morgan fingerprint density at radius 2 is 1.97 bits per heavy atom. The fourth-order valence-electron chi connectivity index (χ4n) is 3.16. The minimum absolute atomic E-state index is 0.00478. The van der Waals surface area contributed by atoms with Crippen molar-refractivity contribution in [1.29, 1.82) is 0 Å². The lowest BCUT2D eigenvalue weighted by atomic mass is 10.2. The fourth-order valence-corrected chi connectivity index (χ4v) is 4.14. The lowest BCUT2D eigenvalue weighted by Crippen LogP contribution is -2.29. The first-order chi connectivity index (χ1) is 16.0. The Bertz CT molecular complexity index is 1300. The number of carbonyl (C=O) groups is 1. The summed E-state index contributed by atoms with van der Waals surface area (Å²) >= 11 is 1.40. The molecule has 2 heterocycles. The highest BCUT2D eigenvalue weighted by molar-refractivity contribution is 7.22. The molecule has 0 radical (unpaired) electrons. The number of pyridine rings is 1. The molecule has 0 aliphatic carbocycles. The minimum atomic E-state index is -0.461. The Hall–Kier alpha value is -4.11. The van der Waals surface area contributed by atoms with Gasteiger partial charge in [0, 0.05) is 24.4 Å². The molecule has 4 aromatic rings. The number of hydrogen-bond donors (Lipinski definition) is 0. The van der Waals surface area contributed by atoms with E-state index in [2.05, 4.69) is 4.98 Å². The number of amides is 1. The molecular weight excluding hydrogens is 440 g/mol. The average Bonchev–Trinajstić information content (AvgIpc) is 3.27. The van der Waals surface area contributed by atoms with E-state index in [-0.39, 0.29) is 18.1 Å². The number of carbonyl (C=O) groups excluding carboxylic acids is 1. The van der Waals surface area contributed by atoms with Gasteiger partial charge in [-0.05, 0) is 55.0 Å². The zero-order valence-electron chi connectivity index (χ0n) is 17.7. The van der Waals surface area contributed by atoms with Crippen molar-refractivity contribution in [1.82, 2.24) is 9.97 Å². The Labute approximate surface area is 193 Å². The molecule has 2 aromatic heterocycles. The molecule has 0 atom stereocenters. The predicted octanol–water partition coefficient (Wildman–Crippen LogP) is 5.24. The number of anilines is 1. The number of fused-ring (bicyclic) bond motifs is 1. The summed E-state index contributed by atoms with van der Waals surface area (Å²) in [6.45, 7) is 2.67. The van der Waals surface area contributed by atoms with Crippen LogP contribution in [-0.4, -0.2) is 27.4 Å². The molecule has 0 unspecified atom stereocenters. The van der Waals surface area contributed by atoms with Gasteiger partial charge in [-0.2, -0.15) is 0 Å². The number of para-hydroxylation sites is 1. The fraction of sp³-hybridized carbons (Fsp3) is 0.125. The van der Waals surface area contributed by atoms with E-state index in [0.717, 1.165) is 10.4 Å². The van der Waals surface area contributed by atoms with Gasteiger partial charge in [-0.25, -0.2) is 4.98 Å². The minimum Gasteiger partial charge on any atom is -0.492 e. The van der Waals surface area contributed by atoms with Crippen LogP contribution in [0.4, 0.5) is 10.8 Å². The zero-order valence-corrected chi connectivity index (χ0v) is 18.6. The van der Waals surface area contributed by atoms with Crippen molar-refractivity contribution in [3.05, 3.63) is 94.3 Å². The third kappa shape index (κ3) is 5.21. The van der Waals surface area contributed by atoms with Crippen molar-refractivity contribution in [2.75, 3.05) is 11.5 Å². The largest absolute Gasteiger partial charge is 0.492 e. The van der Waals surface area contributed by atoms with Gasteiger partial charge in [-0.15, -0.1) is 0 Å². The Kier molecular flexibility index (Phi) is 6.70. The summed E-state index contributed by atoms with van der Waals surface area (Å²) in [7, 11) is 0. The first kappa shape index (κ1) is 22.1. The summed E-state index contributed by atoms with van der Waals surface area (Å²) in [5.41, 5.74) is 2.10. The number of non-ortho nitro benzene ring substituents is 1. The first-order valence-corrected chi connectivity index (χ1v) is 11.0.